The molecule has 1 aromatic carbocycles. The highest BCUT2D eigenvalue weighted by molar-refractivity contribution is 7.89. The normalized spacial score (nSPS) is 11.9. The van der Waals surface area contributed by atoms with E-state index in [-0.39, 0.29) is 23.3 Å². The van der Waals surface area contributed by atoms with Gasteiger partial charge >= 0.3 is 0 Å². The van der Waals surface area contributed by atoms with E-state index in [0.29, 0.717) is 5.82 Å². The van der Waals surface area contributed by atoms with Crippen LogP contribution in [0.5, 0.6) is 0 Å². The maximum Gasteiger partial charge on any atom is 0.241 e. The molecule has 0 aliphatic rings. The third kappa shape index (κ3) is 3.89. The van der Waals surface area contributed by atoms with E-state index in [1.165, 1.54) is 0 Å². The number of hydrogen-bond acceptors (Lipinski definition) is 5. The second-order valence-electron chi connectivity index (χ2n) is 4.72. The zero-order valence-electron chi connectivity index (χ0n) is 10.9. The molecule has 6 heteroatoms. The highest BCUT2D eigenvalue weighted by Gasteiger charge is 2.18. The van der Waals surface area contributed by atoms with Crippen molar-refractivity contribution in [3.63, 3.8) is 0 Å². The van der Waals surface area contributed by atoms with Crippen molar-refractivity contribution in [2.75, 3.05) is 0 Å². The van der Waals surface area contributed by atoms with E-state index in [4.69, 9.17) is 4.52 Å². The summed E-state index contributed by atoms with van der Waals surface area (Å²) in [6, 6.07) is 9.04. The SMILES string of the molecule is CC(C)c1noc(CS(=O)(=O)Cc2ccccc2)n1. The number of sulfone groups is 1. The molecule has 5 nitrogen and oxygen atoms in total. The highest BCUT2D eigenvalue weighted by Crippen LogP contribution is 2.14. The van der Waals surface area contributed by atoms with Crippen LogP contribution in [0.25, 0.3) is 0 Å². The van der Waals surface area contributed by atoms with Crippen molar-refractivity contribution in [3.8, 4) is 0 Å². The minimum absolute atomic E-state index is 0.0206. The van der Waals surface area contributed by atoms with Crippen LogP contribution in [0.3, 0.4) is 0 Å². The summed E-state index contributed by atoms with van der Waals surface area (Å²) >= 11 is 0. The van der Waals surface area contributed by atoms with Gasteiger partial charge in [0.05, 0.1) is 5.75 Å². The first kappa shape index (κ1) is 13.7. The lowest BCUT2D eigenvalue weighted by atomic mass is 10.2. The summed E-state index contributed by atoms with van der Waals surface area (Å²) in [4.78, 5) is 4.08. The van der Waals surface area contributed by atoms with Gasteiger partial charge in [-0.1, -0.05) is 49.3 Å². The zero-order valence-corrected chi connectivity index (χ0v) is 11.7. The maximum atomic E-state index is 12.0. The van der Waals surface area contributed by atoms with Gasteiger partial charge in [0, 0.05) is 5.92 Å². The summed E-state index contributed by atoms with van der Waals surface area (Å²) in [5.74, 6) is 0.563. The minimum atomic E-state index is -3.30. The van der Waals surface area contributed by atoms with Crippen LogP contribution in [-0.2, 0) is 21.3 Å². The topological polar surface area (TPSA) is 73.1 Å². The van der Waals surface area contributed by atoms with E-state index in [1.54, 1.807) is 12.1 Å². The second-order valence-corrected chi connectivity index (χ2v) is 6.78. The Morgan fingerprint density at radius 2 is 1.84 bits per heavy atom. The number of benzene rings is 1. The van der Waals surface area contributed by atoms with E-state index < -0.39 is 9.84 Å². The molecule has 1 aromatic heterocycles. The molecule has 0 radical (unpaired) electrons. The molecule has 19 heavy (non-hydrogen) atoms. The average Bonchev–Trinajstić information content (AvgIpc) is 2.77. The summed E-state index contributed by atoms with van der Waals surface area (Å²) in [6.45, 7) is 3.85. The van der Waals surface area contributed by atoms with Crippen LogP contribution in [0.15, 0.2) is 34.9 Å². The molecule has 0 bridgehead atoms. The van der Waals surface area contributed by atoms with Gasteiger partial charge in [-0.05, 0) is 5.56 Å². The van der Waals surface area contributed by atoms with Gasteiger partial charge in [-0.25, -0.2) is 8.42 Å². The average molecular weight is 280 g/mol. The molecule has 0 atom stereocenters. The molecular formula is C13H16N2O3S. The van der Waals surface area contributed by atoms with Crippen LogP contribution in [0.4, 0.5) is 0 Å². The van der Waals surface area contributed by atoms with Gasteiger partial charge in [0.25, 0.3) is 0 Å². The largest absolute Gasteiger partial charge is 0.338 e. The van der Waals surface area contributed by atoms with Crippen LogP contribution < -0.4 is 0 Å². The molecular weight excluding hydrogens is 264 g/mol. The summed E-state index contributed by atoms with van der Waals surface area (Å²) < 4.78 is 29.0. The molecule has 0 unspecified atom stereocenters. The van der Waals surface area contributed by atoms with Crippen molar-refractivity contribution in [1.29, 1.82) is 0 Å². The summed E-state index contributed by atoms with van der Waals surface area (Å²) in [5.41, 5.74) is 0.756. The first-order chi connectivity index (χ1) is 8.96. The van der Waals surface area contributed by atoms with Gasteiger partial charge in [0.2, 0.25) is 5.89 Å². The van der Waals surface area contributed by atoms with Gasteiger partial charge in [-0.3, -0.25) is 0 Å². The second kappa shape index (κ2) is 5.52. The fourth-order valence-electron chi connectivity index (χ4n) is 1.63. The maximum absolute atomic E-state index is 12.0. The monoisotopic (exact) mass is 280 g/mol. The predicted molar refractivity (Wildman–Crippen MR) is 71.2 cm³/mol. The highest BCUT2D eigenvalue weighted by atomic mass is 32.2. The molecule has 0 saturated carbocycles. The van der Waals surface area contributed by atoms with Gasteiger partial charge in [0.1, 0.15) is 5.75 Å². The van der Waals surface area contributed by atoms with Crippen molar-refractivity contribution in [2.24, 2.45) is 0 Å². The number of hydrogen-bond donors (Lipinski definition) is 0. The Kier molecular flexibility index (Phi) is 3.99. The quantitative estimate of drug-likeness (QED) is 0.840. The molecule has 0 amide bonds. The molecule has 0 aliphatic carbocycles. The Balaban J connectivity index is 2.08. The Labute approximate surface area is 112 Å². The smallest absolute Gasteiger partial charge is 0.241 e. The molecule has 0 aliphatic heterocycles. The Morgan fingerprint density at radius 3 is 2.42 bits per heavy atom. The van der Waals surface area contributed by atoms with Crippen molar-refractivity contribution in [3.05, 3.63) is 47.6 Å². The third-order valence-electron chi connectivity index (χ3n) is 2.57. The van der Waals surface area contributed by atoms with E-state index in [1.807, 2.05) is 32.0 Å². The van der Waals surface area contributed by atoms with Crippen molar-refractivity contribution < 1.29 is 12.9 Å². The van der Waals surface area contributed by atoms with E-state index >= 15 is 0 Å². The molecule has 0 spiro atoms. The van der Waals surface area contributed by atoms with E-state index in [0.717, 1.165) is 5.56 Å². The molecule has 0 N–H and O–H groups in total. The van der Waals surface area contributed by atoms with Gasteiger partial charge in [0.15, 0.2) is 15.7 Å². The third-order valence-corrected chi connectivity index (χ3v) is 4.03. The fraction of sp³-hybridized carbons (Fsp3) is 0.385. The van der Waals surface area contributed by atoms with Crippen LogP contribution in [0, 0.1) is 0 Å². The summed E-state index contributed by atoms with van der Waals surface area (Å²) in [5, 5.41) is 3.76. The molecule has 0 saturated heterocycles. The molecule has 0 fully saturated rings. The molecule has 2 aromatic rings. The fourth-order valence-corrected chi connectivity index (χ4v) is 2.92. The van der Waals surface area contributed by atoms with Gasteiger partial charge < -0.3 is 4.52 Å². The zero-order chi connectivity index (χ0) is 13.9. The van der Waals surface area contributed by atoms with Crippen molar-refractivity contribution in [1.82, 2.24) is 10.1 Å². The van der Waals surface area contributed by atoms with E-state index in [9.17, 15) is 8.42 Å². The van der Waals surface area contributed by atoms with Gasteiger partial charge in [-0.15, -0.1) is 0 Å². The number of aromatic nitrogens is 2. The number of rotatable bonds is 5. The Hall–Kier alpha value is -1.69. The predicted octanol–water partition coefficient (Wildman–Crippen LogP) is 2.31. The lowest BCUT2D eigenvalue weighted by molar-refractivity contribution is 0.380. The Bertz CT molecular complexity index is 633. The lowest BCUT2D eigenvalue weighted by Gasteiger charge is -2.01. The molecule has 102 valence electrons. The van der Waals surface area contributed by atoms with Crippen LogP contribution in [-0.4, -0.2) is 18.6 Å². The van der Waals surface area contributed by atoms with Crippen LogP contribution >= 0.6 is 0 Å². The number of nitrogens with zero attached hydrogens (tertiary/aromatic N) is 2. The van der Waals surface area contributed by atoms with Gasteiger partial charge in [-0.2, -0.15) is 4.98 Å². The van der Waals surface area contributed by atoms with E-state index in [2.05, 4.69) is 10.1 Å². The van der Waals surface area contributed by atoms with Crippen molar-refractivity contribution >= 4 is 9.84 Å². The lowest BCUT2D eigenvalue weighted by Crippen LogP contribution is -2.08. The Morgan fingerprint density at radius 1 is 1.16 bits per heavy atom. The van der Waals surface area contributed by atoms with Crippen LogP contribution in [0.2, 0.25) is 0 Å². The first-order valence-electron chi connectivity index (χ1n) is 6.03. The summed E-state index contributed by atoms with van der Waals surface area (Å²) in [7, 11) is -3.30. The molecule has 2 rings (SSSR count). The molecule has 1 heterocycles. The minimum Gasteiger partial charge on any atom is -0.338 e. The van der Waals surface area contributed by atoms with Crippen LogP contribution in [0.1, 0.15) is 37.0 Å². The van der Waals surface area contributed by atoms with Crippen molar-refractivity contribution in [2.45, 2.75) is 31.3 Å². The summed E-state index contributed by atoms with van der Waals surface area (Å²) in [6.07, 6.45) is 0. The first-order valence-corrected chi connectivity index (χ1v) is 7.85. The standard InChI is InChI=1S/C13H16N2O3S/c1-10(2)13-14-12(18-15-13)9-19(16,17)8-11-6-4-3-5-7-11/h3-7,10H,8-9H2,1-2H3.